The molecule has 1 fully saturated rings. The van der Waals surface area contributed by atoms with E-state index < -0.39 is 16.1 Å². The third-order valence-corrected chi connectivity index (χ3v) is 5.59. The molecule has 32 heavy (non-hydrogen) atoms. The largest absolute Gasteiger partial charge is 0.493 e. The van der Waals surface area contributed by atoms with Gasteiger partial charge in [0.15, 0.2) is 11.5 Å². The zero-order valence-electron chi connectivity index (χ0n) is 17.7. The lowest BCUT2D eigenvalue weighted by Gasteiger charge is -2.14. The van der Waals surface area contributed by atoms with Crippen molar-refractivity contribution in [1.82, 2.24) is 4.90 Å². The summed E-state index contributed by atoms with van der Waals surface area (Å²) in [7, 11) is 1.56. The van der Waals surface area contributed by atoms with Crippen molar-refractivity contribution in [2.45, 2.75) is 19.9 Å². The highest BCUT2D eigenvalue weighted by atomic mass is 32.2. The van der Waals surface area contributed by atoms with E-state index in [0.29, 0.717) is 35.7 Å². The van der Waals surface area contributed by atoms with Crippen LogP contribution < -0.4 is 9.47 Å². The Morgan fingerprint density at radius 3 is 2.53 bits per heavy atom. The molecule has 3 rings (SSSR count). The molecule has 0 unspecified atom stereocenters. The molecule has 1 aliphatic heterocycles. The molecule has 0 aromatic heterocycles. The first kappa shape index (κ1) is 23.1. The Hall–Kier alpha value is -3.59. The first-order valence-corrected chi connectivity index (χ1v) is 10.6. The highest BCUT2D eigenvalue weighted by molar-refractivity contribution is 8.18. The number of hydrogen-bond acceptors (Lipinski definition) is 7. The zero-order valence-corrected chi connectivity index (χ0v) is 18.5. The molecular weight excluding hydrogens is 432 g/mol. The van der Waals surface area contributed by atoms with Crippen LogP contribution in [0.25, 0.3) is 6.08 Å². The second kappa shape index (κ2) is 10.1. The molecule has 0 N–H and O–H groups in total. The van der Waals surface area contributed by atoms with Crippen molar-refractivity contribution in [3.63, 3.8) is 0 Å². The molecular formula is C23H22N2O6S. The van der Waals surface area contributed by atoms with Crippen LogP contribution in [0.1, 0.15) is 23.6 Å². The third kappa shape index (κ3) is 5.00. The molecule has 0 atom stereocenters. The first-order chi connectivity index (χ1) is 15.4. The number of carbonyl (C=O) groups excluding carboxylic acids is 2. The number of nitro benzene ring substituents is 1. The average molecular weight is 455 g/mol. The SMILES string of the molecule is C=CCc1cc(/C=C2\SC(=O)N(Cc3ccc([N+](=O)[O-])cc3)C2=O)cc(OCC)c1OC. The maximum Gasteiger partial charge on any atom is 0.293 e. The number of benzene rings is 2. The Kier molecular flexibility index (Phi) is 7.32. The molecule has 2 aromatic carbocycles. The lowest BCUT2D eigenvalue weighted by molar-refractivity contribution is -0.384. The van der Waals surface area contributed by atoms with Crippen molar-refractivity contribution in [3.8, 4) is 11.5 Å². The second-order valence-electron chi connectivity index (χ2n) is 6.83. The van der Waals surface area contributed by atoms with E-state index in [4.69, 9.17) is 9.47 Å². The standard InChI is InChI=1S/C23H22N2O6S/c1-4-6-17-11-16(12-19(31-5-2)21(17)30-3)13-20-22(26)24(23(27)32-20)14-15-7-9-18(10-8-15)25(28)29/h4,7-13H,1,5-6,14H2,2-3H3/b20-13-. The van der Waals surface area contributed by atoms with E-state index in [-0.39, 0.29) is 17.1 Å². The van der Waals surface area contributed by atoms with E-state index in [2.05, 4.69) is 6.58 Å². The summed E-state index contributed by atoms with van der Waals surface area (Å²) in [6.45, 7) is 6.11. The van der Waals surface area contributed by atoms with E-state index >= 15 is 0 Å². The van der Waals surface area contributed by atoms with Crippen LogP contribution in [-0.2, 0) is 17.8 Å². The summed E-state index contributed by atoms with van der Waals surface area (Å²) in [5.74, 6) is 0.735. The molecule has 0 spiro atoms. The van der Waals surface area contributed by atoms with Gasteiger partial charge in [-0.3, -0.25) is 24.6 Å². The predicted molar refractivity (Wildman–Crippen MR) is 123 cm³/mol. The summed E-state index contributed by atoms with van der Waals surface area (Å²) in [6.07, 6.45) is 3.94. The number of carbonyl (C=O) groups is 2. The molecule has 0 aliphatic carbocycles. The van der Waals surface area contributed by atoms with Crippen molar-refractivity contribution in [1.29, 1.82) is 0 Å². The first-order valence-electron chi connectivity index (χ1n) is 9.81. The van der Waals surface area contributed by atoms with Crippen molar-refractivity contribution < 1.29 is 24.0 Å². The smallest absolute Gasteiger partial charge is 0.293 e. The quantitative estimate of drug-likeness (QED) is 0.228. The van der Waals surface area contributed by atoms with E-state index in [1.807, 2.05) is 13.0 Å². The Morgan fingerprint density at radius 1 is 1.22 bits per heavy atom. The van der Waals surface area contributed by atoms with Gasteiger partial charge in [0.25, 0.3) is 16.8 Å². The molecule has 2 amide bonds. The number of thioether (sulfide) groups is 1. The van der Waals surface area contributed by atoms with Crippen molar-refractivity contribution in [2.24, 2.45) is 0 Å². The van der Waals surface area contributed by atoms with Gasteiger partial charge in [-0.25, -0.2) is 0 Å². The molecule has 1 heterocycles. The molecule has 166 valence electrons. The fourth-order valence-corrected chi connectivity index (χ4v) is 4.10. The van der Waals surface area contributed by atoms with Crippen LogP contribution in [0.15, 0.2) is 54.0 Å². The average Bonchev–Trinajstić information content (AvgIpc) is 3.02. The van der Waals surface area contributed by atoms with Crippen LogP contribution in [0, 0.1) is 10.1 Å². The minimum atomic E-state index is -0.501. The zero-order chi connectivity index (χ0) is 23.3. The number of nitro groups is 1. The monoisotopic (exact) mass is 454 g/mol. The van der Waals surface area contributed by atoms with E-state index in [1.165, 1.54) is 24.3 Å². The number of nitrogens with zero attached hydrogens (tertiary/aromatic N) is 2. The number of non-ortho nitro benzene ring substituents is 1. The minimum Gasteiger partial charge on any atom is -0.493 e. The number of ether oxygens (including phenoxy) is 2. The van der Waals surface area contributed by atoms with Crippen LogP contribution in [0.4, 0.5) is 10.5 Å². The van der Waals surface area contributed by atoms with Crippen LogP contribution in [0.3, 0.4) is 0 Å². The topological polar surface area (TPSA) is 99.0 Å². The Balaban J connectivity index is 1.87. The van der Waals surface area contributed by atoms with Crippen LogP contribution >= 0.6 is 11.8 Å². The summed E-state index contributed by atoms with van der Waals surface area (Å²) in [4.78, 5) is 37.1. The summed E-state index contributed by atoms with van der Waals surface area (Å²) in [5.41, 5.74) is 2.12. The van der Waals surface area contributed by atoms with Crippen LogP contribution in [0.5, 0.6) is 11.5 Å². The van der Waals surface area contributed by atoms with Crippen molar-refractivity contribution >= 4 is 34.7 Å². The van der Waals surface area contributed by atoms with E-state index in [1.54, 1.807) is 25.3 Å². The minimum absolute atomic E-state index is 0.0362. The van der Waals surface area contributed by atoms with Gasteiger partial charge < -0.3 is 9.47 Å². The number of methoxy groups -OCH3 is 1. The fourth-order valence-electron chi connectivity index (χ4n) is 3.26. The highest BCUT2D eigenvalue weighted by Crippen LogP contribution is 2.37. The molecule has 1 saturated heterocycles. The normalized spacial score (nSPS) is 14.7. The Morgan fingerprint density at radius 2 is 1.94 bits per heavy atom. The summed E-state index contributed by atoms with van der Waals surface area (Å²) in [5, 5.41) is 10.4. The van der Waals surface area contributed by atoms with Crippen LogP contribution in [0.2, 0.25) is 0 Å². The molecule has 1 aliphatic rings. The van der Waals surface area contributed by atoms with Gasteiger partial charge >= 0.3 is 0 Å². The molecule has 0 radical (unpaired) electrons. The van der Waals surface area contributed by atoms with E-state index in [9.17, 15) is 19.7 Å². The van der Waals surface area contributed by atoms with Gasteiger partial charge in [0.05, 0.1) is 30.1 Å². The lowest BCUT2D eigenvalue weighted by atomic mass is 10.0. The van der Waals surface area contributed by atoms with Crippen LogP contribution in [-0.4, -0.2) is 34.7 Å². The summed E-state index contributed by atoms with van der Waals surface area (Å²) in [6, 6.07) is 9.39. The Labute approximate surface area is 189 Å². The number of imide groups is 1. The van der Waals surface area contributed by atoms with Crippen molar-refractivity contribution in [2.75, 3.05) is 13.7 Å². The van der Waals surface area contributed by atoms with Gasteiger partial charge in [0.2, 0.25) is 0 Å². The highest BCUT2D eigenvalue weighted by Gasteiger charge is 2.35. The van der Waals surface area contributed by atoms with Gasteiger partial charge in [-0.05, 0) is 54.4 Å². The van der Waals surface area contributed by atoms with Gasteiger partial charge in [0, 0.05) is 17.7 Å². The second-order valence-corrected chi connectivity index (χ2v) is 7.82. The molecule has 9 heteroatoms. The van der Waals surface area contributed by atoms with Gasteiger partial charge in [0.1, 0.15) is 0 Å². The molecule has 0 saturated carbocycles. The van der Waals surface area contributed by atoms with Gasteiger partial charge in [-0.2, -0.15) is 0 Å². The maximum atomic E-state index is 12.9. The summed E-state index contributed by atoms with van der Waals surface area (Å²) < 4.78 is 11.2. The lowest BCUT2D eigenvalue weighted by Crippen LogP contribution is -2.27. The molecule has 0 bridgehead atoms. The maximum absolute atomic E-state index is 12.9. The number of rotatable bonds is 9. The Bertz CT molecular complexity index is 1090. The third-order valence-electron chi connectivity index (χ3n) is 4.68. The molecule has 8 nitrogen and oxygen atoms in total. The number of allylic oxidation sites excluding steroid dienone is 1. The fraction of sp³-hybridized carbons (Fsp3) is 0.217. The van der Waals surface area contributed by atoms with Gasteiger partial charge in [-0.1, -0.05) is 18.2 Å². The van der Waals surface area contributed by atoms with Crippen molar-refractivity contribution in [3.05, 3.63) is 80.8 Å². The predicted octanol–water partition coefficient (Wildman–Crippen LogP) is 4.97. The molecule has 2 aromatic rings. The summed E-state index contributed by atoms with van der Waals surface area (Å²) >= 11 is 0.850. The van der Waals surface area contributed by atoms with E-state index in [0.717, 1.165) is 22.2 Å². The number of hydrogen-bond donors (Lipinski definition) is 0. The van der Waals surface area contributed by atoms with Gasteiger partial charge in [-0.15, -0.1) is 6.58 Å². The number of amides is 2.